The zero-order chi connectivity index (χ0) is 19.1. The number of amides is 2. The van der Waals surface area contributed by atoms with E-state index in [1.807, 2.05) is 43.2 Å². The van der Waals surface area contributed by atoms with Gasteiger partial charge in [-0.25, -0.2) is 0 Å². The first-order chi connectivity index (χ1) is 12.1. The molecule has 2 amide bonds. The lowest BCUT2D eigenvalue weighted by atomic mass is 9.81. The highest BCUT2D eigenvalue weighted by molar-refractivity contribution is 7.10. The summed E-state index contributed by atoms with van der Waals surface area (Å²) in [7, 11) is 0. The number of carbonyl (C=O) groups is 2. The number of rotatable bonds is 4. The fourth-order valence-electron chi connectivity index (χ4n) is 3.69. The molecule has 1 aromatic heterocycles. The molecule has 0 aromatic carbocycles. The molecule has 1 aromatic rings. The topological polar surface area (TPSA) is 69.6 Å². The van der Waals surface area contributed by atoms with Gasteiger partial charge in [0.25, 0.3) is 0 Å². The molecule has 3 rings (SSSR count). The Labute approximate surface area is 159 Å². The fraction of sp³-hybridized carbons (Fsp3) is 0.700. The predicted octanol–water partition coefficient (Wildman–Crippen LogP) is 3.10. The van der Waals surface area contributed by atoms with Crippen LogP contribution in [0.2, 0.25) is 0 Å². The van der Waals surface area contributed by atoms with Crippen LogP contribution in [0.3, 0.4) is 0 Å². The van der Waals surface area contributed by atoms with E-state index in [0.29, 0.717) is 19.4 Å². The van der Waals surface area contributed by atoms with Gasteiger partial charge in [-0.05, 0) is 43.0 Å². The van der Waals surface area contributed by atoms with E-state index in [0.717, 1.165) is 17.7 Å². The van der Waals surface area contributed by atoms with Crippen LogP contribution in [0, 0.1) is 11.3 Å². The Morgan fingerprint density at radius 2 is 2.08 bits per heavy atom. The zero-order valence-electron chi connectivity index (χ0n) is 16.1. The van der Waals surface area contributed by atoms with Crippen LogP contribution in [0.15, 0.2) is 17.5 Å². The highest BCUT2D eigenvalue weighted by Gasteiger charge is 2.50. The molecule has 1 aliphatic carbocycles. The molecule has 26 heavy (non-hydrogen) atoms. The lowest BCUT2D eigenvalue weighted by Gasteiger charge is -2.49. The van der Waals surface area contributed by atoms with Crippen LogP contribution in [0.4, 0.5) is 0 Å². The van der Waals surface area contributed by atoms with Crippen LogP contribution >= 0.6 is 11.3 Å². The van der Waals surface area contributed by atoms with E-state index in [1.54, 1.807) is 18.3 Å². The van der Waals surface area contributed by atoms with Crippen molar-refractivity contribution in [1.82, 2.24) is 10.2 Å². The third-order valence-corrected chi connectivity index (χ3v) is 6.18. The summed E-state index contributed by atoms with van der Waals surface area (Å²) in [6, 6.07) is 3.13. The van der Waals surface area contributed by atoms with Gasteiger partial charge in [0.15, 0.2) is 0 Å². The molecule has 5 nitrogen and oxygen atoms in total. The van der Waals surface area contributed by atoms with E-state index in [1.165, 1.54) is 0 Å². The predicted molar refractivity (Wildman–Crippen MR) is 103 cm³/mol. The Bertz CT molecular complexity index is 659. The molecular weight excluding hydrogens is 348 g/mol. The minimum Gasteiger partial charge on any atom is -0.388 e. The standard InChI is InChI=1S/C20H30N2O3S/c1-19(2,3)12-15(23)21-17-16(14-6-5-11-26-14)22(10-9-20(17,4)25)18(24)13-7-8-13/h5-6,11,13,16-17,25H,7-10,12H2,1-4H3,(H,21,23)/t16-,17-,20+/m0/s1. The van der Waals surface area contributed by atoms with Crippen molar-refractivity contribution < 1.29 is 14.7 Å². The molecule has 0 bridgehead atoms. The summed E-state index contributed by atoms with van der Waals surface area (Å²) in [6.45, 7) is 8.35. The van der Waals surface area contributed by atoms with Gasteiger partial charge in [-0.1, -0.05) is 26.8 Å². The lowest BCUT2D eigenvalue weighted by Crippen LogP contribution is -2.63. The summed E-state index contributed by atoms with van der Waals surface area (Å²) in [5.41, 5.74) is -1.19. The minimum atomic E-state index is -1.05. The molecule has 1 aliphatic heterocycles. The molecule has 0 unspecified atom stereocenters. The number of thiophene rings is 1. The lowest BCUT2D eigenvalue weighted by molar-refractivity contribution is -0.147. The largest absolute Gasteiger partial charge is 0.388 e. The Kier molecular flexibility index (Phi) is 5.19. The number of nitrogens with one attached hydrogen (secondary N) is 1. The van der Waals surface area contributed by atoms with Gasteiger partial charge in [0.05, 0.1) is 17.7 Å². The Morgan fingerprint density at radius 1 is 1.38 bits per heavy atom. The normalized spacial score (nSPS) is 29.5. The van der Waals surface area contributed by atoms with Crippen LogP contribution in [-0.4, -0.2) is 40.0 Å². The van der Waals surface area contributed by atoms with E-state index in [2.05, 4.69) is 5.32 Å². The molecule has 1 saturated heterocycles. The molecule has 2 fully saturated rings. The summed E-state index contributed by atoms with van der Waals surface area (Å²) in [5.74, 6) is 0.200. The minimum absolute atomic E-state index is 0.0787. The first-order valence-corrected chi connectivity index (χ1v) is 10.3. The van der Waals surface area contributed by atoms with Crippen molar-refractivity contribution in [3.05, 3.63) is 22.4 Å². The first-order valence-electron chi connectivity index (χ1n) is 9.44. The van der Waals surface area contributed by atoms with Gasteiger partial charge < -0.3 is 15.3 Å². The summed E-state index contributed by atoms with van der Waals surface area (Å²) in [6.07, 6.45) is 2.75. The second kappa shape index (κ2) is 6.97. The molecule has 6 heteroatoms. The maximum atomic E-state index is 12.9. The summed E-state index contributed by atoms with van der Waals surface area (Å²) in [4.78, 5) is 28.4. The van der Waals surface area contributed by atoms with Crippen LogP contribution in [0.1, 0.15) is 64.3 Å². The van der Waals surface area contributed by atoms with Gasteiger partial charge in [-0.3, -0.25) is 9.59 Å². The SMILES string of the molecule is CC(C)(C)CC(=O)N[C@H]1[C@H](c2cccs2)N(C(=O)C2CC2)CC[C@@]1(C)O. The second-order valence-corrected chi connectivity index (χ2v) is 10.1. The van der Waals surface area contributed by atoms with Crippen molar-refractivity contribution >= 4 is 23.2 Å². The van der Waals surface area contributed by atoms with Crippen LogP contribution in [0.5, 0.6) is 0 Å². The van der Waals surface area contributed by atoms with E-state index in [4.69, 9.17) is 0 Å². The van der Waals surface area contributed by atoms with Gasteiger partial charge in [0.2, 0.25) is 11.8 Å². The summed E-state index contributed by atoms with van der Waals surface area (Å²) in [5, 5.41) is 16.1. The molecular formula is C20H30N2O3S. The Morgan fingerprint density at radius 3 is 2.62 bits per heavy atom. The van der Waals surface area contributed by atoms with E-state index in [-0.39, 0.29) is 29.2 Å². The number of nitrogens with zero attached hydrogens (tertiary/aromatic N) is 1. The number of carbonyl (C=O) groups excluding carboxylic acids is 2. The smallest absolute Gasteiger partial charge is 0.226 e. The monoisotopic (exact) mass is 378 g/mol. The van der Waals surface area contributed by atoms with Gasteiger partial charge in [-0.15, -0.1) is 11.3 Å². The molecule has 2 heterocycles. The number of piperidine rings is 1. The maximum absolute atomic E-state index is 12.9. The van der Waals surface area contributed by atoms with Crippen LogP contribution < -0.4 is 5.32 Å². The number of hydrogen-bond acceptors (Lipinski definition) is 4. The number of likely N-dealkylation sites (tertiary alicyclic amines) is 1. The van der Waals surface area contributed by atoms with E-state index in [9.17, 15) is 14.7 Å². The van der Waals surface area contributed by atoms with Crippen molar-refractivity contribution in [1.29, 1.82) is 0 Å². The van der Waals surface area contributed by atoms with Crippen LogP contribution in [-0.2, 0) is 9.59 Å². The fourth-order valence-corrected chi connectivity index (χ4v) is 4.57. The van der Waals surface area contributed by atoms with Gasteiger partial charge in [0.1, 0.15) is 0 Å². The average molecular weight is 379 g/mol. The third-order valence-electron chi connectivity index (χ3n) is 5.23. The van der Waals surface area contributed by atoms with E-state index < -0.39 is 11.6 Å². The van der Waals surface area contributed by atoms with Gasteiger partial charge in [-0.2, -0.15) is 0 Å². The van der Waals surface area contributed by atoms with E-state index >= 15 is 0 Å². The Hall–Kier alpha value is -1.40. The molecule has 2 aliphatic rings. The molecule has 2 N–H and O–H groups in total. The van der Waals surface area contributed by atoms with Crippen molar-refractivity contribution in [2.45, 2.75) is 71.1 Å². The molecule has 3 atom stereocenters. The Balaban J connectivity index is 1.90. The van der Waals surface area contributed by atoms with Crippen molar-refractivity contribution in [3.8, 4) is 0 Å². The molecule has 0 spiro atoms. The highest BCUT2D eigenvalue weighted by Crippen LogP contribution is 2.42. The van der Waals surface area contributed by atoms with Crippen molar-refractivity contribution in [2.24, 2.45) is 11.3 Å². The second-order valence-electron chi connectivity index (χ2n) is 9.16. The van der Waals surface area contributed by atoms with Crippen LogP contribution in [0.25, 0.3) is 0 Å². The molecule has 0 radical (unpaired) electrons. The van der Waals surface area contributed by atoms with Crippen molar-refractivity contribution in [2.75, 3.05) is 6.54 Å². The zero-order valence-corrected chi connectivity index (χ0v) is 16.9. The molecule has 144 valence electrons. The average Bonchev–Trinajstić information content (AvgIpc) is 3.22. The van der Waals surface area contributed by atoms with Gasteiger partial charge >= 0.3 is 0 Å². The number of aliphatic hydroxyl groups is 1. The third kappa shape index (κ3) is 4.29. The quantitative estimate of drug-likeness (QED) is 0.846. The van der Waals surface area contributed by atoms with Crippen molar-refractivity contribution in [3.63, 3.8) is 0 Å². The number of hydrogen-bond donors (Lipinski definition) is 2. The van der Waals surface area contributed by atoms with Gasteiger partial charge in [0, 0.05) is 23.8 Å². The molecule has 1 saturated carbocycles. The summed E-state index contributed by atoms with van der Waals surface area (Å²) < 4.78 is 0. The summed E-state index contributed by atoms with van der Waals surface area (Å²) >= 11 is 1.57. The first kappa shape index (κ1) is 19.4. The highest BCUT2D eigenvalue weighted by atomic mass is 32.1. The maximum Gasteiger partial charge on any atom is 0.226 e.